The smallest absolute Gasteiger partial charge is 0.0541 e. The van der Waals surface area contributed by atoms with E-state index in [4.69, 9.17) is 0 Å². The molecule has 17 aromatic rings. The zero-order valence-electron chi connectivity index (χ0n) is 48.3. The molecule has 0 saturated carbocycles. The Morgan fingerprint density at radius 2 is 0.453 bits per heavy atom. The number of para-hydroxylation sites is 4. The number of rotatable bonds is 6. The minimum Gasteiger partial charge on any atom is -0.309 e. The van der Waals surface area contributed by atoms with Crippen LogP contribution in [0.1, 0.15) is 26.3 Å². The van der Waals surface area contributed by atoms with E-state index in [1.165, 1.54) is 159 Å². The molecule has 0 fully saturated rings. The van der Waals surface area contributed by atoms with Gasteiger partial charge in [0.25, 0.3) is 0 Å². The topological polar surface area (TPSA) is 9.86 Å². The van der Waals surface area contributed by atoms with E-state index in [1.54, 1.807) is 0 Å². The lowest BCUT2D eigenvalue weighted by Gasteiger charge is -2.21. The first-order valence-electron chi connectivity index (χ1n) is 30.0. The number of aromatic nitrogens is 2. The highest BCUT2D eigenvalue weighted by Gasteiger charge is 2.21. The summed E-state index contributed by atoms with van der Waals surface area (Å²) in [6, 6.07) is 113. The largest absolute Gasteiger partial charge is 0.309 e. The molecule has 2 nitrogen and oxygen atoms in total. The van der Waals surface area contributed by atoms with Gasteiger partial charge in [-0.1, -0.05) is 276 Å². The van der Waals surface area contributed by atoms with Crippen LogP contribution in [0.5, 0.6) is 0 Å². The third kappa shape index (κ3) is 8.39. The second-order valence-corrected chi connectivity index (χ2v) is 23.9. The Labute approximate surface area is 500 Å². The highest BCUT2D eigenvalue weighted by molar-refractivity contribution is 6.23. The van der Waals surface area contributed by atoms with Crippen molar-refractivity contribution in [2.75, 3.05) is 0 Å². The zero-order valence-corrected chi connectivity index (χ0v) is 48.3. The molecule has 2 heteroatoms. The third-order valence-corrected chi connectivity index (χ3v) is 17.9. The minimum atomic E-state index is 0.123. The minimum absolute atomic E-state index is 0.123. The average molecular weight is 1100 g/mol. The molecule has 0 N–H and O–H groups in total. The van der Waals surface area contributed by atoms with Crippen LogP contribution >= 0.6 is 0 Å². The molecule has 2 aromatic heterocycles. The standard InChI is InChI=1S/C42H27N.C42H33N/c1-2-12-30-27-31(22-21-28(30)11-1)42-37-17-5-3-15-35(37)41(36-16-4-6-18-38(36)42)29-23-25-32(26-24-29)43-39-19-9-7-13-33(39)34-14-8-10-20-40(34)43;1-42(2,3)30-24-20-28(21-25-30)40-34-14-4-6-16-36(34)41(37-17-7-5-15-35(37)40)29-22-26-31(27-23-29)43-38-18-10-8-12-32(38)33-13-9-11-19-39(33)43/h1-27H;4-27H,1-3H3. The van der Waals surface area contributed by atoms with Gasteiger partial charge in [-0.05, 0) is 164 Å². The van der Waals surface area contributed by atoms with Crippen LogP contribution in [0.25, 0.3) is 153 Å². The average Bonchev–Trinajstić information content (AvgIpc) is 1.13. The van der Waals surface area contributed by atoms with Gasteiger partial charge in [0.05, 0.1) is 22.1 Å². The molecule has 0 aliphatic rings. The summed E-state index contributed by atoms with van der Waals surface area (Å²) in [6.07, 6.45) is 0. The van der Waals surface area contributed by atoms with E-state index >= 15 is 0 Å². The Balaban J connectivity index is 0.000000140. The molecule has 86 heavy (non-hydrogen) atoms. The van der Waals surface area contributed by atoms with Crippen molar-refractivity contribution in [3.8, 4) is 55.9 Å². The molecule has 0 aliphatic carbocycles. The van der Waals surface area contributed by atoms with Crippen LogP contribution in [0.4, 0.5) is 0 Å². The maximum atomic E-state index is 2.38. The maximum Gasteiger partial charge on any atom is 0.0541 e. The molecule has 15 aromatic carbocycles. The molecule has 0 unspecified atom stereocenters. The quantitative estimate of drug-likeness (QED) is 0.147. The summed E-state index contributed by atoms with van der Waals surface area (Å²) in [5.41, 5.74) is 18.9. The zero-order chi connectivity index (χ0) is 57.5. The summed E-state index contributed by atoms with van der Waals surface area (Å²) >= 11 is 0. The van der Waals surface area contributed by atoms with Crippen molar-refractivity contribution in [2.45, 2.75) is 26.2 Å². The van der Waals surface area contributed by atoms with Gasteiger partial charge < -0.3 is 9.13 Å². The Morgan fingerprint density at radius 1 is 0.209 bits per heavy atom. The Morgan fingerprint density at radius 3 is 0.767 bits per heavy atom. The molecule has 0 aliphatic heterocycles. The Kier molecular flexibility index (Phi) is 12.1. The highest BCUT2D eigenvalue weighted by atomic mass is 15.0. The van der Waals surface area contributed by atoms with E-state index in [-0.39, 0.29) is 5.41 Å². The summed E-state index contributed by atoms with van der Waals surface area (Å²) in [5.74, 6) is 0. The highest BCUT2D eigenvalue weighted by Crippen LogP contribution is 2.47. The molecule has 17 rings (SSSR count). The second kappa shape index (κ2) is 20.5. The van der Waals surface area contributed by atoms with Crippen LogP contribution in [0.3, 0.4) is 0 Å². The Bertz CT molecular complexity index is 5260. The summed E-state index contributed by atoms with van der Waals surface area (Å²) in [5, 5.41) is 17.9. The first-order chi connectivity index (χ1) is 42.3. The first-order valence-corrected chi connectivity index (χ1v) is 30.0. The monoisotopic (exact) mass is 1100 g/mol. The number of hydrogen-bond acceptors (Lipinski definition) is 0. The lowest BCUT2D eigenvalue weighted by atomic mass is 9.83. The van der Waals surface area contributed by atoms with E-state index in [1.807, 2.05) is 0 Å². The van der Waals surface area contributed by atoms with Gasteiger partial charge >= 0.3 is 0 Å². The first kappa shape index (κ1) is 50.9. The molecule has 0 spiro atoms. The molecule has 406 valence electrons. The molecule has 0 atom stereocenters. The van der Waals surface area contributed by atoms with Crippen molar-refractivity contribution in [1.82, 2.24) is 9.13 Å². The number of hydrogen-bond donors (Lipinski definition) is 0. The van der Waals surface area contributed by atoms with Gasteiger partial charge in [-0.2, -0.15) is 0 Å². The maximum absolute atomic E-state index is 2.38. The van der Waals surface area contributed by atoms with Crippen LogP contribution in [0.2, 0.25) is 0 Å². The second-order valence-electron chi connectivity index (χ2n) is 23.9. The van der Waals surface area contributed by atoms with Gasteiger partial charge in [0.2, 0.25) is 0 Å². The van der Waals surface area contributed by atoms with Crippen molar-refractivity contribution in [3.63, 3.8) is 0 Å². The van der Waals surface area contributed by atoms with E-state index in [0.29, 0.717) is 0 Å². The molecule has 2 heterocycles. The summed E-state index contributed by atoms with van der Waals surface area (Å²) in [7, 11) is 0. The van der Waals surface area contributed by atoms with Crippen molar-refractivity contribution in [2.24, 2.45) is 0 Å². The van der Waals surface area contributed by atoms with Crippen molar-refractivity contribution < 1.29 is 0 Å². The summed E-state index contributed by atoms with van der Waals surface area (Å²) < 4.78 is 4.77. The SMILES string of the molecule is CC(C)(C)c1ccc(-c2c3ccccc3c(-c3ccc(-n4c5ccccc5c5ccccc54)cc3)c3ccccc23)cc1.c1ccc2cc(-c3c4ccccc4c(-c4ccc(-n5c6ccccc6c6ccccc65)cc4)c4ccccc34)ccc2c1. The lowest BCUT2D eigenvalue weighted by Crippen LogP contribution is -2.10. The predicted octanol–water partition coefficient (Wildman–Crippen LogP) is 23.3. The predicted molar refractivity (Wildman–Crippen MR) is 370 cm³/mol. The van der Waals surface area contributed by atoms with Crippen molar-refractivity contribution in [1.29, 1.82) is 0 Å². The van der Waals surface area contributed by atoms with Crippen LogP contribution in [-0.4, -0.2) is 9.13 Å². The molecular formula is C84H60N2. The fourth-order valence-corrected chi connectivity index (χ4v) is 13.9. The fraction of sp³-hybridized carbons (Fsp3) is 0.0476. The number of benzene rings is 15. The number of fused-ring (bicyclic) bond motifs is 11. The molecule has 0 radical (unpaired) electrons. The van der Waals surface area contributed by atoms with Crippen LogP contribution in [0.15, 0.2) is 309 Å². The van der Waals surface area contributed by atoms with Crippen molar-refractivity contribution >= 4 is 97.5 Å². The molecule has 0 amide bonds. The Hall–Kier alpha value is -10.8. The van der Waals surface area contributed by atoms with E-state index in [0.717, 1.165) is 0 Å². The van der Waals surface area contributed by atoms with E-state index in [2.05, 4.69) is 339 Å². The van der Waals surface area contributed by atoms with Gasteiger partial charge in [0.15, 0.2) is 0 Å². The van der Waals surface area contributed by atoms with Gasteiger partial charge in [-0.3, -0.25) is 0 Å². The molecule has 0 bridgehead atoms. The molecule has 0 saturated heterocycles. The summed E-state index contributed by atoms with van der Waals surface area (Å²) in [4.78, 5) is 0. The van der Waals surface area contributed by atoms with Gasteiger partial charge in [0.1, 0.15) is 0 Å². The lowest BCUT2D eigenvalue weighted by molar-refractivity contribution is 0.590. The normalized spacial score (nSPS) is 11.9. The van der Waals surface area contributed by atoms with E-state index < -0.39 is 0 Å². The van der Waals surface area contributed by atoms with Gasteiger partial charge in [-0.15, -0.1) is 0 Å². The van der Waals surface area contributed by atoms with Crippen molar-refractivity contribution in [3.05, 3.63) is 315 Å². The molecular weight excluding hydrogens is 1040 g/mol. The fourth-order valence-electron chi connectivity index (χ4n) is 13.9. The van der Waals surface area contributed by atoms with Crippen LogP contribution in [-0.2, 0) is 5.41 Å². The van der Waals surface area contributed by atoms with Crippen LogP contribution in [0, 0.1) is 0 Å². The summed E-state index contributed by atoms with van der Waals surface area (Å²) in [6.45, 7) is 6.82. The number of nitrogens with zero attached hydrogens (tertiary/aromatic N) is 2. The van der Waals surface area contributed by atoms with Gasteiger partial charge in [0, 0.05) is 32.9 Å². The third-order valence-electron chi connectivity index (χ3n) is 17.9. The van der Waals surface area contributed by atoms with Gasteiger partial charge in [-0.25, -0.2) is 0 Å². The van der Waals surface area contributed by atoms with E-state index in [9.17, 15) is 0 Å². The van der Waals surface area contributed by atoms with Crippen LogP contribution < -0.4 is 0 Å².